The first-order chi connectivity index (χ1) is 9.50. The molecule has 1 fully saturated rings. The standard InChI is InChI=1S/C14H24N2O2S2/c1-4-16(9-12-6-5-7-12)20(17,18)14-11(2)10-19-13(14)8-15-3/h10,12,15H,4-9H2,1-3H3. The van der Waals surface area contributed by atoms with Gasteiger partial charge >= 0.3 is 0 Å². The van der Waals surface area contributed by atoms with Crippen molar-refractivity contribution in [2.24, 2.45) is 5.92 Å². The third-order valence-electron chi connectivity index (χ3n) is 3.96. The second-order valence-corrected chi connectivity index (χ2v) is 8.29. The van der Waals surface area contributed by atoms with E-state index in [1.54, 1.807) is 4.31 Å². The Kier molecular flexibility index (Phi) is 5.23. The summed E-state index contributed by atoms with van der Waals surface area (Å²) in [5.74, 6) is 0.552. The van der Waals surface area contributed by atoms with Gasteiger partial charge in [-0.15, -0.1) is 11.3 Å². The number of thiophene rings is 1. The average Bonchev–Trinajstić information content (AvgIpc) is 2.70. The molecule has 4 nitrogen and oxygen atoms in total. The molecule has 0 saturated heterocycles. The lowest BCUT2D eigenvalue weighted by Crippen LogP contribution is -2.37. The van der Waals surface area contributed by atoms with E-state index in [0.717, 1.165) is 23.3 Å². The number of hydrogen-bond donors (Lipinski definition) is 1. The van der Waals surface area contributed by atoms with E-state index in [-0.39, 0.29) is 0 Å². The zero-order valence-corrected chi connectivity index (χ0v) is 14.1. The Morgan fingerprint density at radius 2 is 2.15 bits per heavy atom. The van der Waals surface area contributed by atoms with Crippen LogP contribution in [0.5, 0.6) is 0 Å². The van der Waals surface area contributed by atoms with Crippen molar-refractivity contribution < 1.29 is 8.42 Å². The van der Waals surface area contributed by atoms with Crippen LogP contribution in [-0.2, 0) is 16.6 Å². The molecule has 0 amide bonds. The maximum Gasteiger partial charge on any atom is 0.244 e. The largest absolute Gasteiger partial charge is 0.315 e. The zero-order chi connectivity index (χ0) is 14.8. The Labute approximate surface area is 126 Å². The zero-order valence-electron chi connectivity index (χ0n) is 12.5. The molecular formula is C14H24N2O2S2. The van der Waals surface area contributed by atoms with E-state index in [1.165, 1.54) is 17.8 Å². The molecule has 2 rings (SSSR count). The van der Waals surface area contributed by atoms with Crippen LogP contribution in [0.15, 0.2) is 10.3 Å². The topological polar surface area (TPSA) is 49.4 Å². The molecule has 0 unspecified atom stereocenters. The molecule has 0 aliphatic heterocycles. The van der Waals surface area contributed by atoms with Crippen molar-refractivity contribution in [2.45, 2.75) is 44.6 Å². The first-order valence-electron chi connectivity index (χ1n) is 7.22. The predicted molar refractivity (Wildman–Crippen MR) is 83.6 cm³/mol. The van der Waals surface area contributed by atoms with Crippen molar-refractivity contribution in [3.8, 4) is 0 Å². The lowest BCUT2D eigenvalue weighted by molar-refractivity contribution is 0.250. The van der Waals surface area contributed by atoms with E-state index in [1.807, 2.05) is 26.3 Å². The van der Waals surface area contributed by atoms with Crippen LogP contribution in [0, 0.1) is 12.8 Å². The van der Waals surface area contributed by atoms with Gasteiger partial charge in [-0.25, -0.2) is 8.42 Å². The number of nitrogens with one attached hydrogen (secondary N) is 1. The molecule has 1 aromatic heterocycles. The van der Waals surface area contributed by atoms with Crippen molar-refractivity contribution in [3.05, 3.63) is 15.8 Å². The average molecular weight is 316 g/mol. The summed E-state index contributed by atoms with van der Waals surface area (Å²) in [6, 6.07) is 0. The summed E-state index contributed by atoms with van der Waals surface area (Å²) >= 11 is 1.53. The molecule has 0 bridgehead atoms. The van der Waals surface area contributed by atoms with E-state index in [4.69, 9.17) is 0 Å². The summed E-state index contributed by atoms with van der Waals surface area (Å²) < 4.78 is 27.5. The highest BCUT2D eigenvalue weighted by atomic mass is 32.2. The van der Waals surface area contributed by atoms with Gasteiger partial charge in [0.2, 0.25) is 10.0 Å². The minimum Gasteiger partial charge on any atom is -0.315 e. The van der Waals surface area contributed by atoms with Gasteiger partial charge in [-0.1, -0.05) is 13.3 Å². The molecule has 0 atom stereocenters. The van der Waals surface area contributed by atoms with Gasteiger partial charge in [0.15, 0.2) is 0 Å². The summed E-state index contributed by atoms with van der Waals surface area (Å²) in [7, 11) is -1.51. The number of nitrogens with zero attached hydrogens (tertiary/aromatic N) is 1. The highest BCUT2D eigenvalue weighted by Crippen LogP contribution is 2.32. The highest BCUT2D eigenvalue weighted by molar-refractivity contribution is 7.89. The van der Waals surface area contributed by atoms with E-state index in [9.17, 15) is 8.42 Å². The van der Waals surface area contributed by atoms with Crippen molar-refractivity contribution in [1.82, 2.24) is 9.62 Å². The Morgan fingerprint density at radius 3 is 2.65 bits per heavy atom. The fraction of sp³-hybridized carbons (Fsp3) is 0.714. The maximum atomic E-state index is 12.9. The number of aryl methyl sites for hydroxylation is 1. The lowest BCUT2D eigenvalue weighted by atomic mass is 9.85. The molecule has 6 heteroatoms. The molecule has 1 aromatic rings. The first-order valence-corrected chi connectivity index (χ1v) is 9.54. The first kappa shape index (κ1) is 15.9. The third-order valence-corrected chi connectivity index (χ3v) is 7.37. The van der Waals surface area contributed by atoms with Crippen LogP contribution >= 0.6 is 11.3 Å². The van der Waals surface area contributed by atoms with Crippen LogP contribution in [0.25, 0.3) is 0 Å². The van der Waals surface area contributed by atoms with Crippen molar-refractivity contribution in [1.29, 1.82) is 0 Å². The van der Waals surface area contributed by atoms with Crippen LogP contribution in [0.4, 0.5) is 0 Å². The van der Waals surface area contributed by atoms with Crippen molar-refractivity contribution >= 4 is 21.4 Å². The second-order valence-electron chi connectivity index (χ2n) is 5.45. The van der Waals surface area contributed by atoms with Gasteiger partial charge in [-0.2, -0.15) is 4.31 Å². The molecule has 1 aliphatic rings. The van der Waals surface area contributed by atoms with Gasteiger partial charge in [0, 0.05) is 24.5 Å². The van der Waals surface area contributed by atoms with Crippen LogP contribution in [0.3, 0.4) is 0 Å². The molecule has 1 saturated carbocycles. The predicted octanol–water partition coefficient (Wildman–Crippen LogP) is 2.59. The van der Waals surface area contributed by atoms with Gasteiger partial charge in [0.05, 0.1) is 0 Å². The molecule has 0 spiro atoms. The van der Waals surface area contributed by atoms with E-state index < -0.39 is 10.0 Å². The summed E-state index contributed by atoms with van der Waals surface area (Å²) in [6.07, 6.45) is 3.57. The lowest BCUT2D eigenvalue weighted by Gasteiger charge is -2.31. The highest BCUT2D eigenvalue weighted by Gasteiger charge is 2.31. The molecule has 0 radical (unpaired) electrons. The van der Waals surface area contributed by atoms with Gasteiger partial charge in [-0.05, 0) is 43.7 Å². The van der Waals surface area contributed by atoms with E-state index >= 15 is 0 Å². The molecule has 1 heterocycles. The fourth-order valence-electron chi connectivity index (χ4n) is 2.61. The summed E-state index contributed by atoms with van der Waals surface area (Å²) in [5, 5.41) is 5.00. The van der Waals surface area contributed by atoms with Gasteiger partial charge < -0.3 is 5.32 Å². The van der Waals surface area contributed by atoms with Gasteiger partial charge in [-0.3, -0.25) is 0 Å². The van der Waals surface area contributed by atoms with Crippen LogP contribution in [0.2, 0.25) is 0 Å². The summed E-state index contributed by atoms with van der Waals surface area (Å²) in [6.45, 7) is 5.64. The number of sulfonamides is 1. The Hall–Kier alpha value is -0.430. The quantitative estimate of drug-likeness (QED) is 0.841. The van der Waals surface area contributed by atoms with E-state index in [2.05, 4.69) is 5.32 Å². The maximum absolute atomic E-state index is 12.9. The third kappa shape index (κ3) is 3.08. The second kappa shape index (κ2) is 6.56. The Morgan fingerprint density at radius 1 is 1.45 bits per heavy atom. The molecule has 1 aliphatic carbocycles. The van der Waals surface area contributed by atoms with Crippen LogP contribution in [-0.4, -0.2) is 32.9 Å². The fourth-order valence-corrected chi connectivity index (χ4v) is 5.90. The van der Waals surface area contributed by atoms with Crippen LogP contribution < -0.4 is 5.32 Å². The van der Waals surface area contributed by atoms with Gasteiger partial charge in [0.1, 0.15) is 4.90 Å². The Balaban J connectivity index is 2.29. The smallest absolute Gasteiger partial charge is 0.244 e. The molecule has 114 valence electrons. The van der Waals surface area contributed by atoms with Crippen molar-refractivity contribution in [2.75, 3.05) is 20.1 Å². The Bertz CT molecular complexity index is 548. The minimum absolute atomic E-state index is 0.526. The van der Waals surface area contributed by atoms with Gasteiger partial charge in [0.25, 0.3) is 0 Å². The molecule has 1 N–H and O–H groups in total. The summed E-state index contributed by atoms with van der Waals surface area (Å²) in [4.78, 5) is 1.44. The van der Waals surface area contributed by atoms with Crippen LogP contribution in [0.1, 0.15) is 36.6 Å². The minimum atomic E-state index is -3.36. The molecule has 20 heavy (non-hydrogen) atoms. The molecular weight excluding hydrogens is 292 g/mol. The van der Waals surface area contributed by atoms with Crippen molar-refractivity contribution in [3.63, 3.8) is 0 Å². The number of hydrogen-bond acceptors (Lipinski definition) is 4. The molecule has 0 aromatic carbocycles. The SMILES string of the molecule is CCN(CC1CCC1)S(=O)(=O)c1c(C)csc1CNC. The number of rotatable bonds is 7. The monoisotopic (exact) mass is 316 g/mol. The van der Waals surface area contributed by atoms with E-state index in [0.29, 0.717) is 30.4 Å². The normalized spacial score (nSPS) is 16.6. The summed E-state index contributed by atoms with van der Waals surface area (Å²) in [5.41, 5.74) is 0.868.